The highest BCUT2D eigenvalue weighted by Crippen LogP contribution is 2.66. The molecule has 6 heteroatoms. The summed E-state index contributed by atoms with van der Waals surface area (Å²) < 4.78 is 6.58. The van der Waals surface area contributed by atoms with Crippen LogP contribution in [0, 0.1) is 5.92 Å². The fourth-order valence-corrected chi connectivity index (χ4v) is 7.20. The first-order valence-electron chi connectivity index (χ1n) is 11.1. The van der Waals surface area contributed by atoms with Gasteiger partial charge in [0.1, 0.15) is 0 Å². The van der Waals surface area contributed by atoms with Crippen molar-refractivity contribution in [3.8, 4) is 22.6 Å². The quantitative estimate of drug-likeness (QED) is 0.511. The van der Waals surface area contributed by atoms with Gasteiger partial charge in [0, 0.05) is 28.8 Å². The van der Waals surface area contributed by atoms with E-state index in [1.807, 2.05) is 24.4 Å². The van der Waals surface area contributed by atoms with E-state index in [2.05, 4.69) is 24.1 Å². The van der Waals surface area contributed by atoms with Gasteiger partial charge in [-0.3, -0.25) is 4.98 Å². The first-order valence-corrected chi connectivity index (χ1v) is 11.9. The van der Waals surface area contributed by atoms with Crippen LogP contribution in [-0.4, -0.2) is 34.6 Å². The number of fused-ring (bicyclic) bond motifs is 2. The molecule has 4 aliphatic rings. The Morgan fingerprint density at radius 2 is 1.94 bits per heavy atom. The summed E-state index contributed by atoms with van der Waals surface area (Å²) in [5.74, 6) is 1.36. The van der Waals surface area contributed by atoms with E-state index in [0.717, 1.165) is 42.6 Å². The number of aromatic nitrogens is 1. The van der Waals surface area contributed by atoms with Crippen molar-refractivity contribution >= 4 is 23.2 Å². The number of halogens is 2. The Bertz CT molecular complexity index is 1310. The van der Waals surface area contributed by atoms with E-state index in [9.17, 15) is 5.11 Å². The van der Waals surface area contributed by atoms with E-state index in [0.29, 0.717) is 27.8 Å². The van der Waals surface area contributed by atoms with Crippen LogP contribution in [0.2, 0.25) is 10.0 Å². The number of phenolic OH excluding ortho intramolecular Hbond substituents is 1. The number of ether oxygens (including phenoxy) is 1. The molecule has 2 aliphatic carbocycles. The third-order valence-corrected chi connectivity index (χ3v) is 9.07. The van der Waals surface area contributed by atoms with Gasteiger partial charge >= 0.3 is 0 Å². The molecule has 1 unspecified atom stereocenters. The fourth-order valence-electron chi connectivity index (χ4n) is 6.90. The van der Waals surface area contributed by atoms with Crippen LogP contribution < -0.4 is 4.74 Å². The molecule has 0 amide bonds. The van der Waals surface area contributed by atoms with Gasteiger partial charge in [-0.05, 0) is 79.7 Å². The van der Waals surface area contributed by atoms with Gasteiger partial charge in [0.2, 0.25) is 0 Å². The second kappa shape index (κ2) is 6.40. The summed E-state index contributed by atoms with van der Waals surface area (Å²) in [7, 11) is 2.24. The summed E-state index contributed by atoms with van der Waals surface area (Å²) >= 11 is 12.4. The van der Waals surface area contributed by atoms with Crippen LogP contribution in [0.1, 0.15) is 34.9 Å². The maximum Gasteiger partial charge on any atom is 0.166 e. The lowest BCUT2D eigenvalue weighted by molar-refractivity contribution is -0.0260. The van der Waals surface area contributed by atoms with Gasteiger partial charge in [0.15, 0.2) is 17.6 Å². The summed E-state index contributed by atoms with van der Waals surface area (Å²) in [6.07, 6.45) is 4.74. The van der Waals surface area contributed by atoms with Crippen LogP contribution in [0.15, 0.2) is 42.6 Å². The monoisotopic (exact) mass is 464 g/mol. The molecule has 1 spiro atoms. The Morgan fingerprint density at radius 3 is 2.78 bits per heavy atom. The zero-order valence-corrected chi connectivity index (χ0v) is 19.1. The van der Waals surface area contributed by atoms with Crippen molar-refractivity contribution in [1.29, 1.82) is 0 Å². The van der Waals surface area contributed by atoms with E-state index in [1.54, 1.807) is 6.07 Å². The molecule has 32 heavy (non-hydrogen) atoms. The van der Waals surface area contributed by atoms with Crippen molar-refractivity contribution in [3.05, 3.63) is 75.0 Å². The van der Waals surface area contributed by atoms with Crippen LogP contribution >= 0.6 is 23.2 Å². The smallest absolute Gasteiger partial charge is 0.166 e. The Kier molecular flexibility index (Phi) is 3.85. The average Bonchev–Trinajstić information content (AvgIpc) is 3.14. The number of phenols is 1. The number of nitrogens with zero attached hydrogens (tertiary/aromatic N) is 2. The van der Waals surface area contributed by atoms with Crippen molar-refractivity contribution in [2.45, 2.75) is 36.8 Å². The topological polar surface area (TPSA) is 45.6 Å². The number of likely N-dealkylation sites (tertiary alicyclic amines) is 1. The molecule has 0 radical (unpaired) electrons. The number of hydrogen-bond donors (Lipinski definition) is 1. The molecule has 2 aromatic carbocycles. The van der Waals surface area contributed by atoms with Crippen molar-refractivity contribution in [2.24, 2.45) is 5.92 Å². The maximum atomic E-state index is 10.7. The van der Waals surface area contributed by atoms with Gasteiger partial charge in [0.05, 0.1) is 15.7 Å². The Balaban J connectivity index is 1.42. The summed E-state index contributed by atoms with van der Waals surface area (Å²) in [4.78, 5) is 7.47. The second-order valence-corrected chi connectivity index (χ2v) is 10.5. The zero-order chi connectivity index (χ0) is 21.8. The maximum absolute atomic E-state index is 10.7. The van der Waals surface area contributed by atoms with Crippen molar-refractivity contribution in [2.75, 3.05) is 13.6 Å². The molecule has 2 bridgehead atoms. The standard InChI is InChI=1S/C26H22Cl2N2O2/c1-30-7-6-26-17-9-15-8-16(13-2-4-18(27)19(28)10-13)12-29-23(15)25(26)32-24-21(31)5-3-14(22(24)26)11-20(17)30/h2-5,8,10,12,17,20,25,31H,6-7,9,11H2,1H3/t17-,20?,25-,26-/m0/s1. The predicted molar refractivity (Wildman–Crippen MR) is 125 cm³/mol. The lowest BCUT2D eigenvalue weighted by atomic mass is 9.51. The molecule has 2 aliphatic heterocycles. The molecule has 0 saturated carbocycles. The van der Waals surface area contributed by atoms with Gasteiger partial charge in [-0.25, -0.2) is 0 Å². The van der Waals surface area contributed by atoms with Gasteiger partial charge in [0.25, 0.3) is 0 Å². The Morgan fingerprint density at radius 1 is 1.06 bits per heavy atom. The summed E-state index contributed by atoms with van der Waals surface area (Å²) in [5, 5.41) is 11.8. The fraction of sp³-hybridized carbons (Fsp3) is 0.346. The van der Waals surface area contributed by atoms with E-state index in [1.165, 1.54) is 16.7 Å². The summed E-state index contributed by atoms with van der Waals surface area (Å²) in [6.45, 7) is 1.03. The molecular formula is C26H22Cl2N2O2. The van der Waals surface area contributed by atoms with Crippen molar-refractivity contribution < 1.29 is 9.84 Å². The first kappa shape index (κ1) is 19.2. The third-order valence-electron chi connectivity index (χ3n) is 8.33. The normalized spacial score (nSPS) is 29.3. The van der Waals surface area contributed by atoms with Gasteiger partial charge in [-0.15, -0.1) is 0 Å². The zero-order valence-electron chi connectivity index (χ0n) is 17.6. The number of hydrogen-bond acceptors (Lipinski definition) is 4. The SMILES string of the molecule is CN1CC[C@]23c4c5ccc(O)c4O[C@H]2c2ncc(-c4ccc(Cl)c(Cl)c4)cc2C[C@H]3C1C5. The van der Waals surface area contributed by atoms with Crippen LogP contribution in [0.5, 0.6) is 11.5 Å². The molecule has 162 valence electrons. The number of aromatic hydroxyl groups is 1. The van der Waals surface area contributed by atoms with E-state index >= 15 is 0 Å². The minimum absolute atomic E-state index is 0.107. The summed E-state index contributed by atoms with van der Waals surface area (Å²) in [6, 6.07) is 12.3. The predicted octanol–water partition coefficient (Wildman–Crippen LogP) is 5.57. The highest BCUT2D eigenvalue weighted by molar-refractivity contribution is 6.42. The molecule has 4 atom stereocenters. The molecule has 4 nitrogen and oxygen atoms in total. The highest BCUT2D eigenvalue weighted by atomic mass is 35.5. The highest BCUT2D eigenvalue weighted by Gasteiger charge is 2.64. The van der Waals surface area contributed by atoms with Crippen molar-refractivity contribution in [3.63, 3.8) is 0 Å². The van der Waals surface area contributed by atoms with Crippen LogP contribution in [0.25, 0.3) is 11.1 Å². The number of rotatable bonds is 1. The minimum atomic E-state index is -0.155. The molecule has 1 aromatic heterocycles. The van der Waals surface area contributed by atoms with Crippen LogP contribution in [-0.2, 0) is 18.3 Å². The largest absolute Gasteiger partial charge is 0.504 e. The first-order chi connectivity index (χ1) is 15.5. The van der Waals surface area contributed by atoms with Gasteiger partial charge < -0.3 is 14.7 Å². The summed E-state index contributed by atoms with van der Waals surface area (Å²) in [5.41, 5.74) is 6.75. The molecule has 1 saturated heterocycles. The molecular weight excluding hydrogens is 443 g/mol. The third kappa shape index (κ3) is 2.30. The average molecular weight is 465 g/mol. The Hall–Kier alpha value is -2.27. The second-order valence-electron chi connectivity index (χ2n) is 9.70. The molecule has 7 rings (SSSR count). The van der Waals surface area contributed by atoms with E-state index in [4.69, 9.17) is 32.9 Å². The lowest BCUT2D eigenvalue weighted by Crippen LogP contribution is -2.62. The molecule has 1 fully saturated rings. The molecule has 3 heterocycles. The van der Waals surface area contributed by atoms with Crippen LogP contribution in [0.4, 0.5) is 0 Å². The molecule has 3 aromatic rings. The Labute approximate surface area is 196 Å². The van der Waals surface area contributed by atoms with E-state index in [-0.39, 0.29) is 17.3 Å². The minimum Gasteiger partial charge on any atom is -0.504 e. The number of benzene rings is 2. The lowest BCUT2D eigenvalue weighted by Gasteiger charge is -2.57. The molecule has 1 N–H and O–H groups in total. The number of likely N-dealkylation sites (N-methyl/N-ethyl adjacent to an activating group) is 1. The van der Waals surface area contributed by atoms with E-state index < -0.39 is 0 Å². The number of piperidine rings is 1. The van der Waals surface area contributed by atoms with Crippen LogP contribution in [0.3, 0.4) is 0 Å². The van der Waals surface area contributed by atoms with Crippen molar-refractivity contribution in [1.82, 2.24) is 9.88 Å². The van der Waals surface area contributed by atoms with Gasteiger partial charge in [-0.1, -0.05) is 35.3 Å². The number of pyridine rings is 1. The van der Waals surface area contributed by atoms with Gasteiger partial charge in [-0.2, -0.15) is 0 Å².